The number of alkyl halides is 3. The van der Waals surface area contributed by atoms with Gasteiger partial charge in [0.25, 0.3) is 0 Å². The van der Waals surface area contributed by atoms with Crippen LogP contribution in [0.15, 0.2) is 60.0 Å². The van der Waals surface area contributed by atoms with E-state index in [9.17, 15) is 27.0 Å². The van der Waals surface area contributed by atoms with Gasteiger partial charge in [0.2, 0.25) is 5.16 Å². The van der Waals surface area contributed by atoms with Gasteiger partial charge in [-0.1, -0.05) is 18.2 Å². The molecule has 0 fully saturated rings. The Morgan fingerprint density at radius 1 is 1.10 bits per heavy atom. The molecule has 40 heavy (non-hydrogen) atoms. The Bertz CT molecular complexity index is 1590. The quantitative estimate of drug-likeness (QED) is 0.296. The van der Waals surface area contributed by atoms with E-state index in [1.807, 2.05) is 0 Å². The van der Waals surface area contributed by atoms with Crippen LogP contribution in [0.25, 0.3) is 11.0 Å². The highest BCUT2D eigenvalue weighted by Crippen LogP contribution is 2.27. The number of halogens is 3. The maximum absolute atomic E-state index is 13.8. The van der Waals surface area contributed by atoms with Gasteiger partial charge in [-0.25, -0.2) is 24.1 Å². The third kappa shape index (κ3) is 6.36. The molecule has 15 heteroatoms. The van der Waals surface area contributed by atoms with E-state index in [0.717, 1.165) is 9.47 Å². The fourth-order valence-corrected chi connectivity index (χ4v) is 5.02. The lowest BCUT2D eigenvalue weighted by Crippen LogP contribution is -2.33. The predicted molar refractivity (Wildman–Crippen MR) is 137 cm³/mol. The first-order valence-electron chi connectivity index (χ1n) is 11.5. The van der Waals surface area contributed by atoms with Crippen molar-refractivity contribution >= 4 is 39.8 Å². The Morgan fingerprint density at radius 2 is 1.85 bits per heavy atom. The summed E-state index contributed by atoms with van der Waals surface area (Å²) in [6, 6.07) is 10.3. The fourth-order valence-electron chi connectivity index (χ4n) is 3.78. The van der Waals surface area contributed by atoms with Gasteiger partial charge < -0.3 is 14.6 Å². The summed E-state index contributed by atoms with van der Waals surface area (Å²) in [6.45, 7) is -0.365. The zero-order valence-corrected chi connectivity index (χ0v) is 21.9. The van der Waals surface area contributed by atoms with Crippen molar-refractivity contribution in [1.29, 1.82) is 0 Å². The number of carbonyl (C=O) groups excluding carboxylic acids is 1. The summed E-state index contributed by atoms with van der Waals surface area (Å²) in [5.74, 6) is -0.221. The highest BCUT2D eigenvalue weighted by Gasteiger charge is 2.30. The van der Waals surface area contributed by atoms with Gasteiger partial charge in [0, 0.05) is 30.6 Å². The molecule has 0 aliphatic heterocycles. The van der Waals surface area contributed by atoms with Gasteiger partial charge in [-0.15, -0.1) is 0 Å². The lowest BCUT2D eigenvalue weighted by Gasteiger charge is -2.20. The van der Waals surface area contributed by atoms with Crippen LogP contribution < -0.4 is 9.64 Å². The molecule has 4 aromatic rings. The van der Waals surface area contributed by atoms with Crippen molar-refractivity contribution < 1.29 is 41.5 Å². The highest BCUT2D eigenvalue weighted by atomic mass is 32.2. The normalized spacial score (nSPS) is 12.2. The van der Waals surface area contributed by atoms with Crippen LogP contribution in [0.1, 0.15) is 16.8 Å². The Balaban J connectivity index is 1.68. The molecule has 1 amide bonds. The van der Waals surface area contributed by atoms with Crippen LogP contribution in [-0.2, 0) is 27.9 Å². The van der Waals surface area contributed by atoms with E-state index in [0.29, 0.717) is 16.6 Å². The van der Waals surface area contributed by atoms with E-state index in [4.69, 9.17) is 9.84 Å². The molecule has 0 spiro atoms. The van der Waals surface area contributed by atoms with Gasteiger partial charge in [0.15, 0.2) is 6.61 Å². The molecule has 0 saturated heterocycles. The molecule has 0 saturated carbocycles. The number of nitrogens with zero attached hydrogens (tertiary/aromatic N) is 5. The number of anilines is 1. The summed E-state index contributed by atoms with van der Waals surface area (Å²) >= 11 is 0. The zero-order valence-electron chi connectivity index (χ0n) is 21.1. The number of carbonyl (C=O) groups is 2. The summed E-state index contributed by atoms with van der Waals surface area (Å²) in [6.07, 6.45) is -3.38. The second-order valence-corrected chi connectivity index (χ2v) is 9.72. The van der Waals surface area contributed by atoms with E-state index in [1.165, 1.54) is 32.4 Å². The third-order valence-electron chi connectivity index (χ3n) is 5.67. The molecular weight excluding hydrogens is 555 g/mol. The van der Waals surface area contributed by atoms with Crippen molar-refractivity contribution in [2.45, 2.75) is 30.6 Å². The first kappa shape index (κ1) is 28.5. The number of pyridine rings is 2. The second-order valence-electron chi connectivity index (χ2n) is 8.38. The van der Waals surface area contributed by atoms with Gasteiger partial charge in [-0.05, 0) is 31.2 Å². The van der Waals surface area contributed by atoms with Crippen molar-refractivity contribution in [1.82, 2.24) is 19.5 Å². The number of ether oxygens (including phenoxy) is 2. The minimum absolute atomic E-state index is 0.0603. The van der Waals surface area contributed by atoms with Crippen LogP contribution in [0.2, 0.25) is 0 Å². The smallest absolute Gasteiger partial charge is 0.484 e. The van der Waals surface area contributed by atoms with Gasteiger partial charge in [-0.2, -0.15) is 13.2 Å². The molecule has 0 unspecified atom stereocenters. The maximum Gasteiger partial charge on any atom is 0.506 e. The van der Waals surface area contributed by atoms with E-state index < -0.39 is 35.8 Å². The molecule has 4 rings (SSSR count). The molecule has 1 atom stereocenters. The van der Waals surface area contributed by atoms with Gasteiger partial charge in [-0.3, -0.25) is 14.1 Å². The van der Waals surface area contributed by atoms with Gasteiger partial charge >= 0.3 is 18.4 Å². The third-order valence-corrected chi connectivity index (χ3v) is 6.88. The van der Waals surface area contributed by atoms with Gasteiger partial charge in [0.1, 0.15) is 18.2 Å². The predicted octanol–water partition coefficient (Wildman–Crippen LogP) is 4.68. The zero-order chi connectivity index (χ0) is 29.0. The molecule has 0 bridgehead atoms. The highest BCUT2D eigenvalue weighted by molar-refractivity contribution is 7.84. The summed E-state index contributed by atoms with van der Waals surface area (Å²) in [4.78, 5) is 38.5. The second kappa shape index (κ2) is 11.7. The lowest BCUT2D eigenvalue weighted by molar-refractivity contribution is -0.153. The summed E-state index contributed by atoms with van der Waals surface area (Å²) in [7, 11) is -0.579. The van der Waals surface area contributed by atoms with Crippen molar-refractivity contribution in [3.63, 3.8) is 0 Å². The lowest BCUT2D eigenvalue weighted by atomic mass is 10.2. The molecule has 1 N–H and O–H groups in total. The number of hydrogen-bond acceptors (Lipinski definition) is 8. The Morgan fingerprint density at radius 3 is 2.58 bits per heavy atom. The minimum atomic E-state index is -4.54. The summed E-state index contributed by atoms with van der Waals surface area (Å²) in [5, 5.41) is 8.75. The van der Waals surface area contributed by atoms with Crippen LogP contribution in [0.3, 0.4) is 0 Å². The molecule has 3 heterocycles. The molecule has 3 aromatic heterocycles. The average Bonchev–Trinajstić information content (AvgIpc) is 3.31. The number of hydrogen-bond donors (Lipinski definition) is 1. The SMILES string of the molecule is Cc1c(OCC(F)(F)F)ccnc1C[S@@](=O)c1nc2ccccc2n1C(=O)N(C)c1ncccc1COC(=O)O. The monoisotopic (exact) mass is 577 g/mol. The molecular formula is C25H22F3N5O6S. The molecule has 0 radical (unpaired) electrons. The number of carboxylic acid groups (broad SMARTS) is 1. The van der Waals surface area contributed by atoms with Crippen LogP contribution in [0.4, 0.5) is 28.6 Å². The first-order valence-corrected chi connectivity index (χ1v) is 12.9. The molecule has 1 aromatic carbocycles. The van der Waals surface area contributed by atoms with E-state index in [2.05, 4.69) is 19.7 Å². The van der Waals surface area contributed by atoms with E-state index >= 15 is 0 Å². The van der Waals surface area contributed by atoms with Crippen LogP contribution in [-0.4, -0.2) is 60.9 Å². The standard InChI is InChI=1S/C25H22F3N5O6S/c1-15-18(29-11-9-20(15)39-14-25(26,27)28)13-40(37)22-31-17-7-3-4-8-19(17)33(22)23(34)32(2)21-16(6-5-10-30-21)12-38-24(35)36/h3-11H,12-14H2,1-2H3,(H,35,36)/t40-/m1/s1. The molecule has 0 aliphatic carbocycles. The number of fused-ring (bicyclic) bond motifs is 1. The number of rotatable bonds is 8. The topological polar surface area (TPSA) is 137 Å². The number of imidazole rings is 1. The Labute approximate surface area is 227 Å². The number of para-hydroxylation sites is 2. The summed E-state index contributed by atoms with van der Waals surface area (Å²) in [5.41, 5.74) is 1.49. The Kier molecular flexibility index (Phi) is 8.32. The van der Waals surface area contributed by atoms with Crippen LogP contribution in [0.5, 0.6) is 5.75 Å². The van der Waals surface area contributed by atoms with Crippen molar-refractivity contribution in [2.75, 3.05) is 18.6 Å². The fraction of sp³-hybridized carbons (Fsp3) is 0.240. The summed E-state index contributed by atoms with van der Waals surface area (Å²) < 4.78 is 62.2. The largest absolute Gasteiger partial charge is 0.506 e. The minimum Gasteiger partial charge on any atom is -0.484 e. The van der Waals surface area contributed by atoms with Crippen LogP contribution in [0, 0.1) is 6.92 Å². The molecule has 210 valence electrons. The average molecular weight is 578 g/mol. The van der Waals surface area contributed by atoms with E-state index in [-0.39, 0.29) is 40.3 Å². The van der Waals surface area contributed by atoms with Crippen molar-refractivity contribution in [3.05, 3.63) is 71.7 Å². The number of benzene rings is 1. The molecule has 0 aliphatic rings. The number of amides is 1. The van der Waals surface area contributed by atoms with Crippen LogP contribution >= 0.6 is 0 Å². The number of aromatic nitrogens is 4. The van der Waals surface area contributed by atoms with Crippen molar-refractivity contribution in [2.24, 2.45) is 0 Å². The maximum atomic E-state index is 13.8. The van der Waals surface area contributed by atoms with Crippen molar-refractivity contribution in [3.8, 4) is 5.75 Å². The Hall–Kier alpha value is -4.53. The van der Waals surface area contributed by atoms with Gasteiger partial charge in [0.05, 0.1) is 33.3 Å². The first-order chi connectivity index (χ1) is 19.0. The van der Waals surface area contributed by atoms with E-state index in [1.54, 1.807) is 36.4 Å². The molecule has 11 nitrogen and oxygen atoms in total.